The number of alkyl halides is 5. The van der Waals surface area contributed by atoms with E-state index in [4.69, 9.17) is 11.6 Å². The molecule has 1 fully saturated rings. The summed E-state index contributed by atoms with van der Waals surface area (Å²) in [5.74, 6) is -1.06. The first-order chi connectivity index (χ1) is 17.6. The Morgan fingerprint density at radius 3 is 2.50 bits per heavy atom. The number of pyridine rings is 1. The maximum atomic E-state index is 13.3. The number of hydrogen-bond acceptors (Lipinski definition) is 6. The van der Waals surface area contributed by atoms with Crippen molar-refractivity contribution in [3.05, 3.63) is 23.0 Å². The van der Waals surface area contributed by atoms with Crippen molar-refractivity contribution in [2.24, 2.45) is 5.92 Å². The number of aliphatic hydroxyl groups is 1. The lowest BCUT2D eigenvalue weighted by Crippen LogP contribution is -2.46. The number of carbonyl (C=O) groups is 1. The average Bonchev–Trinajstić information content (AvgIpc) is 3.15. The summed E-state index contributed by atoms with van der Waals surface area (Å²) in [6.07, 6.45) is -0.925. The summed E-state index contributed by atoms with van der Waals surface area (Å²) in [6, 6.07) is 0.900. The third kappa shape index (κ3) is 6.66. The molecular formula is C24H31ClF5N5O3. The summed E-state index contributed by atoms with van der Waals surface area (Å²) in [6.45, 7) is 2.35. The third-order valence-corrected chi connectivity index (χ3v) is 7.04. The maximum Gasteiger partial charge on any atom is 0.410 e. The molecule has 1 aliphatic rings. The minimum absolute atomic E-state index is 0.0140. The Labute approximate surface area is 221 Å². The molecule has 0 atom stereocenters. The molecule has 0 bridgehead atoms. The molecule has 0 spiro atoms. The summed E-state index contributed by atoms with van der Waals surface area (Å²) in [5.41, 5.74) is -3.76. The second-order valence-corrected chi connectivity index (χ2v) is 10.5. The zero-order valence-electron chi connectivity index (χ0n) is 21.4. The van der Waals surface area contributed by atoms with E-state index in [-0.39, 0.29) is 40.9 Å². The summed E-state index contributed by atoms with van der Waals surface area (Å²) < 4.78 is 72.3. The van der Waals surface area contributed by atoms with E-state index in [1.165, 1.54) is 4.68 Å². The molecule has 0 aliphatic heterocycles. The van der Waals surface area contributed by atoms with Gasteiger partial charge in [0, 0.05) is 25.4 Å². The molecule has 2 aromatic rings. The van der Waals surface area contributed by atoms with Gasteiger partial charge in [-0.3, -0.25) is 9.48 Å². The number of hydrogen-bond donors (Lipinski definition) is 3. The quantitative estimate of drug-likeness (QED) is 0.339. The molecule has 2 heterocycles. The first kappa shape index (κ1) is 29.9. The van der Waals surface area contributed by atoms with E-state index in [1.54, 1.807) is 6.92 Å². The van der Waals surface area contributed by atoms with Crippen molar-refractivity contribution in [1.82, 2.24) is 20.1 Å². The van der Waals surface area contributed by atoms with Gasteiger partial charge in [0.1, 0.15) is 17.1 Å². The zero-order chi connectivity index (χ0) is 28.5. The Morgan fingerprint density at radius 1 is 1.32 bits per heavy atom. The van der Waals surface area contributed by atoms with Crippen LogP contribution < -0.4 is 15.4 Å². The lowest BCUT2D eigenvalue weighted by atomic mass is 9.79. The van der Waals surface area contributed by atoms with Gasteiger partial charge in [0.15, 0.2) is 5.69 Å². The zero-order valence-corrected chi connectivity index (χ0v) is 22.2. The Balaban J connectivity index is 1.93. The highest BCUT2D eigenvalue weighted by atomic mass is 35.5. The Hall–Kier alpha value is -2.67. The van der Waals surface area contributed by atoms with Crippen molar-refractivity contribution < 1.29 is 36.6 Å². The number of aryl methyl sites for hydroxylation is 1. The molecule has 0 radical (unpaired) electrons. The highest BCUT2D eigenvalue weighted by Crippen LogP contribution is 2.40. The van der Waals surface area contributed by atoms with Gasteiger partial charge in [-0.15, -0.1) is 0 Å². The number of nitrogens with zero attached hydrogens (tertiary/aromatic N) is 3. The minimum atomic E-state index is -4.66. The summed E-state index contributed by atoms with van der Waals surface area (Å²) in [7, 11) is 0. The molecular weight excluding hydrogens is 537 g/mol. The van der Waals surface area contributed by atoms with Crippen LogP contribution >= 0.6 is 11.6 Å². The van der Waals surface area contributed by atoms with Crippen LogP contribution in [0.15, 0.2) is 12.3 Å². The fourth-order valence-electron chi connectivity index (χ4n) is 4.14. The topological polar surface area (TPSA) is 101 Å². The van der Waals surface area contributed by atoms with Crippen molar-refractivity contribution in [3.8, 4) is 17.0 Å². The Bertz CT molecular complexity index is 1150. The second kappa shape index (κ2) is 11.2. The Kier molecular flexibility index (Phi) is 8.81. The predicted octanol–water partition coefficient (Wildman–Crippen LogP) is 5.64. The van der Waals surface area contributed by atoms with Crippen molar-refractivity contribution in [3.63, 3.8) is 0 Å². The minimum Gasteiger partial charge on any atom is -0.434 e. The van der Waals surface area contributed by atoms with Crippen LogP contribution in [-0.4, -0.2) is 56.3 Å². The molecule has 1 aliphatic carbocycles. The average molecular weight is 568 g/mol. The van der Waals surface area contributed by atoms with Gasteiger partial charge in [-0.05, 0) is 52.4 Å². The first-order valence-electron chi connectivity index (χ1n) is 12.1. The molecule has 8 nitrogen and oxygen atoms in total. The molecule has 1 amide bonds. The number of carbonyl (C=O) groups excluding carboxylic acids is 1. The number of amides is 1. The number of anilines is 1. The monoisotopic (exact) mass is 567 g/mol. The molecule has 0 aromatic carbocycles. The summed E-state index contributed by atoms with van der Waals surface area (Å²) >= 11 is 6.49. The molecule has 2 aromatic heterocycles. The highest BCUT2D eigenvalue weighted by molar-refractivity contribution is 6.36. The third-order valence-electron chi connectivity index (χ3n) is 6.68. The molecule has 14 heteroatoms. The lowest BCUT2D eigenvalue weighted by Gasteiger charge is -2.34. The molecule has 38 heavy (non-hydrogen) atoms. The lowest BCUT2D eigenvalue weighted by molar-refractivity contribution is -0.168. The van der Waals surface area contributed by atoms with Crippen LogP contribution in [0, 0.1) is 5.92 Å². The van der Waals surface area contributed by atoms with E-state index in [2.05, 4.69) is 32.4 Å². The van der Waals surface area contributed by atoms with E-state index < -0.39 is 35.6 Å². The van der Waals surface area contributed by atoms with Crippen molar-refractivity contribution in [2.45, 2.75) is 83.9 Å². The molecule has 0 saturated heterocycles. The predicted molar refractivity (Wildman–Crippen MR) is 131 cm³/mol. The highest BCUT2D eigenvalue weighted by Gasteiger charge is 2.47. The van der Waals surface area contributed by atoms with Gasteiger partial charge in [0.05, 0.1) is 21.9 Å². The van der Waals surface area contributed by atoms with Crippen LogP contribution in [0.25, 0.3) is 11.3 Å². The number of ether oxygens (including phenoxy) is 1. The van der Waals surface area contributed by atoms with Gasteiger partial charge in [-0.25, -0.2) is 4.98 Å². The maximum absolute atomic E-state index is 13.3. The van der Waals surface area contributed by atoms with Gasteiger partial charge in [0.2, 0.25) is 0 Å². The van der Waals surface area contributed by atoms with Crippen LogP contribution in [0.3, 0.4) is 0 Å². The number of aromatic nitrogens is 3. The van der Waals surface area contributed by atoms with Crippen LogP contribution in [0.2, 0.25) is 5.02 Å². The Morgan fingerprint density at radius 2 is 1.95 bits per heavy atom. The molecule has 0 unspecified atom stereocenters. The van der Waals surface area contributed by atoms with E-state index in [1.807, 2.05) is 0 Å². The molecule has 1 saturated carbocycles. The smallest absolute Gasteiger partial charge is 0.410 e. The second-order valence-electron chi connectivity index (χ2n) is 10.1. The van der Waals surface area contributed by atoms with Crippen LogP contribution in [-0.2, 0) is 6.54 Å². The van der Waals surface area contributed by atoms with Gasteiger partial charge in [-0.2, -0.15) is 27.1 Å². The van der Waals surface area contributed by atoms with E-state index in [0.717, 1.165) is 39.0 Å². The fraction of sp³-hybridized carbons (Fsp3) is 0.625. The van der Waals surface area contributed by atoms with Crippen molar-refractivity contribution >= 4 is 23.3 Å². The van der Waals surface area contributed by atoms with Gasteiger partial charge in [0.25, 0.3) is 5.91 Å². The normalized spacial score (nSPS) is 20.5. The molecule has 212 valence electrons. The van der Waals surface area contributed by atoms with Crippen LogP contribution in [0.1, 0.15) is 63.9 Å². The summed E-state index contributed by atoms with van der Waals surface area (Å²) in [4.78, 5) is 16.9. The standard InChI is InChI=1S/C24H31ClF5N5O3/c1-5-35-19(17(25)18(34-35)20(36)32-12-23(37)8-6-13(2)7-9-23)14-11-31-16(10-15(14)38-21(26)27)33-22(3,4)24(28,29)30/h10-11,13,21,37H,5-9,12H2,1-4H3,(H,31,33)(H,32,36). The molecule has 3 N–H and O–H groups in total. The van der Waals surface area contributed by atoms with Crippen molar-refractivity contribution in [2.75, 3.05) is 11.9 Å². The first-order valence-corrected chi connectivity index (χ1v) is 12.5. The van der Waals surface area contributed by atoms with Crippen LogP contribution in [0.4, 0.5) is 27.8 Å². The number of nitrogens with one attached hydrogen (secondary N) is 2. The van der Waals surface area contributed by atoms with E-state index in [9.17, 15) is 31.9 Å². The van der Waals surface area contributed by atoms with Crippen molar-refractivity contribution in [1.29, 1.82) is 0 Å². The molecule has 3 rings (SSSR count). The van der Waals surface area contributed by atoms with Gasteiger partial charge in [-0.1, -0.05) is 18.5 Å². The van der Waals surface area contributed by atoms with Gasteiger partial charge >= 0.3 is 12.8 Å². The number of halogens is 6. The van der Waals surface area contributed by atoms with E-state index in [0.29, 0.717) is 18.8 Å². The SMILES string of the molecule is CCn1nc(C(=O)NCC2(O)CCC(C)CC2)c(Cl)c1-c1cnc(NC(C)(C)C(F)(F)F)cc1OC(F)F. The number of rotatable bonds is 9. The fourth-order valence-corrected chi connectivity index (χ4v) is 4.47. The largest absolute Gasteiger partial charge is 0.434 e. The van der Waals surface area contributed by atoms with Gasteiger partial charge < -0.3 is 20.5 Å². The van der Waals surface area contributed by atoms with E-state index >= 15 is 0 Å². The van der Waals surface area contributed by atoms with Crippen LogP contribution in [0.5, 0.6) is 5.75 Å². The summed E-state index contributed by atoms with van der Waals surface area (Å²) in [5, 5.41) is 19.6.